The minimum absolute atomic E-state index is 0.0639. The Kier molecular flexibility index (Phi) is 5.02. The summed E-state index contributed by atoms with van der Waals surface area (Å²) in [5.74, 6) is -0.615. The summed E-state index contributed by atoms with van der Waals surface area (Å²) in [6.07, 6.45) is 1.35. The fraction of sp³-hybridized carbons (Fsp3) is 0.133. The lowest BCUT2D eigenvalue weighted by Crippen LogP contribution is -2.16. The largest absolute Gasteiger partial charge is 0.497 e. The zero-order valence-corrected chi connectivity index (χ0v) is 13.2. The predicted molar refractivity (Wildman–Crippen MR) is 85.3 cm³/mol. The molecule has 1 heterocycles. The summed E-state index contributed by atoms with van der Waals surface area (Å²) in [7, 11) is 2.84. The number of benzene rings is 1. The number of primary amides is 1. The first-order chi connectivity index (χ1) is 10.9. The molecule has 1 aromatic carbocycles. The van der Waals surface area contributed by atoms with Crippen LogP contribution in [0.4, 0.5) is 5.69 Å². The molecule has 0 spiro atoms. The van der Waals surface area contributed by atoms with Crippen molar-refractivity contribution < 1.29 is 19.1 Å². The van der Waals surface area contributed by atoms with Crippen molar-refractivity contribution >= 4 is 29.1 Å². The van der Waals surface area contributed by atoms with Crippen LogP contribution in [0, 0.1) is 0 Å². The smallest absolute Gasteiger partial charge is 0.255 e. The van der Waals surface area contributed by atoms with Gasteiger partial charge in [-0.05, 0) is 24.3 Å². The molecule has 23 heavy (non-hydrogen) atoms. The number of anilines is 1. The Morgan fingerprint density at radius 3 is 2.52 bits per heavy atom. The summed E-state index contributed by atoms with van der Waals surface area (Å²) in [5, 5.41) is 2.97. The van der Waals surface area contributed by atoms with Crippen molar-refractivity contribution in [2.24, 2.45) is 5.73 Å². The Morgan fingerprint density at radius 1 is 1.17 bits per heavy atom. The normalized spacial score (nSPS) is 10.0. The van der Waals surface area contributed by atoms with Crippen LogP contribution in [0.2, 0.25) is 5.02 Å². The third kappa shape index (κ3) is 3.89. The van der Waals surface area contributed by atoms with E-state index in [1.54, 1.807) is 6.07 Å². The van der Waals surface area contributed by atoms with Gasteiger partial charge in [0, 0.05) is 10.6 Å². The molecule has 0 bridgehead atoms. The van der Waals surface area contributed by atoms with E-state index in [1.807, 2.05) is 0 Å². The van der Waals surface area contributed by atoms with Gasteiger partial charge in [0.1, 0.15) is 11.3 Å². The molecule has 0 unspecified atom stereocenters. The van der Waals surface area contributed by atoms with Crippen LogP contribution in [0.5, 0.6) is 11.6 Å². The van der Waals surface area contributed by atoms with Gasteiger partial charge in [-0.2, -0.15) is 0 Å². The summed E-state index contributed by atoms with van der Waals surface area (Å²) in [6, 6.07) is 5.99. The number of methoxy groups -OCH3 is 2. The first-order valence-electron chi connectivity index (χ1n) is 6.44. The number of rotatable bonds is 5. The summed E-state index contributed by atoms with van der Waals surface area (Å²) in [6.45, 7) is 0. The molecule has 0 radical (unpaired) electrons. The number of pyridine rings is 1. The van der Waals surface area contributed by atoms with Gasteiger partial charge in [0.25, 0.3) is 11.8 Å². The van der Waals surface area contributed by atoms with Crippen molar-refractivity contribution in [3.63, 3.8) is 0 Å². The van der Waals surface area contributed by atoms with E-state index in [0.29, 0.717) is 22.0 Å². The number of amides is 2. The second-order valence-electron chi connectivity index (χ2n) is 4.48. The molecule has 0 saturated carbocycles. The highest BCUT2D eigenvalue weighted by molar-refractivity contribution is 6.31. The standard InChI is InChI=1S/C15H14ClN3O4/c1-22-11-4-8(3-9(16)5-11)14(21)19-10-6-12(13(17)20)15(23-2)18-7-10/h3-7H,1-2H3,(H2,17,20)(H,19,21). The lowest BCUT2D eigenvalue weighted by atomic mass is 10.2. The third-order valence-corrected chi connectivity index (χ3v) is 3.16. The molecule has 7 nitrogen and oxygen atoms in total. The quantitative estimate of drug-likeness (QED) is 0.870. The van der Waals surface area contributed by atoms with Crippen molar-refractivity contribution in [3.8, 4) is 11.6 Å². The highest BCUT2D eigenvalue weighted by Crippen LogP contribution is 2.23. The Morgan fingerprint density at radius 2 is 1.91 bits per heavy atom. The molecule has 1 aromatic heterocycles. The number of ether oxygens (including phenoxy) is 2. The third-order valence-electron chi connectivity index (χ3n) is 2.94. The van der Waals surface area contributed by atoms with Gasteiger partial charge in [0.15, 0.2) is 0 Å². The number of hydrogen-bond acceptors (Lipinski definition) is 5. The van der Waals surface area contributed by atoms with Crippen LogP contribution in [0.3, 0.4) is 0 Å². The highest BCUT2D eigenvalue weighted by atomic mass is 35.5. The molecule has 2 rings (SSSR count). The van der Waals surface area contributed by atoms with Gasteiger partial charge in [-0.1, -0.05) is 11.6 Å². The Hall–Kier alpha value is -2.80. The van der Waals surface area contributed by atoms with E-state index in [-0.39, 0.29) is 11.4 Å². The zero-order chi connectivity index (χ0) is 17.0. The minimum atomic E-state index is -0.713. The minimum Gasteiger partial charge on any atom is -0.497 e. The van der Waals surface area contributed by atoms with Crippen molar-refractivity contribution in [2.75, 3.05) is 19.5 Å². The molecular weight excluding hydrogens is 322 g/mol. The average Bonchev–Trinajstić information content (AvgIpc) is 2.53. The van der Waals surface area contributed by atoms with E-state index in [9.17, 15) is 9.59 Å². The van der Waals surface area contributed by atoms with Crippen LogP contribution in [0.25, 0.3) is 0 Å². The molecule has 2 aromatic rings. The number of aromatic nitrogens is 1. The van der Waals surface area contributed by atoms with Gasteiger partial charge in [0.05, 0.1) is 26.1 Å². The fourth-order valence-corrected chi connectivity index (χ4v) is 2.10. The summed E-state index contributed by atoms with van der Waals surface area (Å²) >= 11 is 5.93. The maximum Gasteiger partial charge on any atom is 0.255 e. The summed E-state index contributed by atoms with van der Waals surface area (Å²) in [5.41, 5.74) is 5.91. The van der Waals surface area contributed by atoms with Crippen LogP contribution >= 0.6 is 11.6 Å². The SMILES string of the molecule is COc1cc(Cl)cc(C(=O)Nc2cnc(OC)c(C(N)=O)c2)c1. The van der Waals surface area contributed by atoms with E-state index >= 15 is 0 Å². The zero-order valence-electron chi connectivity index (χ0n) is 12.4. The maximum atomic E-state index is 12.3. The molecule has 120 valence electrons. The second-order valence-corrected chi connectivity index (χ2v) is 4.92. The molecular formula is C15H14ClN3O4. The topological polar surface area (TPSA) is 104 Å². The molecule has 0 aliphatic carbocycles. The van der Waals surface area contributed by atoms with Crippen molar-refractivity contribution in [1.29, 1.82) is 0 Å². The van der Waals surface area contributed by atoms with Crippen LogP contribution < -0.4 is 20.5 Å². The van der Waals surface area contributed by atoms with Gasteiger partial charge in [-0.3, -0.25) is 9.59 Å². The lowest BCUT2D eigenvalue weighted by Gasteiger charge is -2.10. The first-order valence-corrected chi connectivity index (χ1v) is 6.82. The number of nitrogens with two attached hydrogens (primary N) is 1. The summed E-state index contributed by atoms with van der Waals surface area (Å²) < 4.78 is 10.0. The van der Waals surface area contributed by atoms with E-state index < -0.39 is 11.8 Å². The van der Waals surface area contributed by atoms with Crippen molar-refractivity contribution in [3.05, 3.63) is 46.6 Å². The number of carbonyl (C=O) groups excluding carboxylic acids is 2. The molecule has 0 saturated heterocycles. The first kappa shape index (κ1) is 16.6. The molecule has 2 amide bonds. The highest BCUT2D eigenvalue weighted by Gasteiger charge is 2.14. The van der Waals surface area contributed by atoms with Gasteiger partial charge in [-0.25, -0.2) is 4.98 Å². The molecule has 0 aliphatic rings. The van der Waals surface area contributed by atoms with E-state index in [4.69, 9.17) is 26.8 Å². The predicted octanol–water partition coefficient (Wildman–Crippen LogP) is 2.10. The monoisotopic (exact) mass is 335 g/mol. The van der Waals surface area contributed by atoms with Crippen LogP contribution in [-0.4, -0.2) is 31.0 Å². The van der Waals surface area contributed by atoms with E-state index in [0.717, 1.165) is 0 Å². The van der Waals surface area contributed by atoms with Crippen LogP contribution in [0.1, 0.15) is 20.7 Å². The van der Waals surface area contributed by atoms with Gasteiger partial charge >= 0.3 is 0 Å². The number of hydrogen-bond donors (Lipinski definition) is 2. The number of halogens is 1. The van der Waals surface area contributed by atoms with Gasteiger partial charge < -0.3 is 20.5 Å². The molecule has 0 fully saturated rings. The average molecular weight is 336 g/mol. The van der Waals surface area contributed by atoms with Crippen LogP contribution in [0.15, 0.2) is 30.5 Å². The Labute approximate surface area is 137 Å². The molecule has 0 aliphatic heterocycles. The molecule has 3 N–H and O–H groups in total. The number of nitrogens with zero attached hydrogens (tertiary/aromatic N) is 1. The van der Waals surface area contributed by atoms with Crippen LogP contribution in [-0.2, 0) is 0 Å². The molecule has 0 atom stereocenters. The number of carbonyl (C=O) groups is 2. The van der Waals surface area contributed by atoms with Gasteiger partial charge in [-0.15, -0.1) is 0 Å². The van der Waals surface area contributed by atoms with E-state index in [2.05, 4.69) is 10.3 Å². The Balaban J connectivity index is 2.28. The Bertz CT molecular complexity index is 764. The summed E-state index contributed by atoms with van der Waals surface area (Å²) in [4.78, 5) is 27.6. The second kappa shape index (κ2) is 6.97. The van der Waals surface area contributed by atoms with Gasteiger partial charge in [0.2, 0.25) is 5.88 Å². The molecule has 8 heteroatoms. The number of nitrogens with one attached hydrogen (secondary N) is 1. The van der Waals surface area contributed by atoms with Crippen molar-refractivity contribution in [1.82, 2.24) is 4.98 Å². The maximum absolute atomic E-state index is 12.3. The van der Waals surface area contributed by atoms with E-state index in [1.165, 1.54) is 38.6 Å². The van der Waals surface area contributed by atoms with Crippen molar-refractivity contribution in [2.45, 2.75) is 0 Å². The fourth-order valence-electron chi connectivity index (χ4n) is 1.87. The lowest BCUT2D eigenvalue weighted by molar-refractivity contribution is 0.0992.